The predicted octanol–water partition coefficient (Wildman–Crippen LogP) is 3.23. The number of H-pyrrole nitrogens is 1. The van der Waals surface area contributed by atoms with E-state index in [1.807, 2.05) is 67.6 Å². The maximum absolute atomic E-state index is 12.5. The first-order valence-corrected chi connectivity index (χ1v) is 7.28. The SMILES string of the molecule is Cc1[nH]n(CCOc2ccccc2)c(=O)c1-c1ccccc1. The second-order valence-electron chi connectivity index (χ2n) is 5.10. The molecule has 0 saturated heterocycles. The normalized spacial score (nSPS) is 10.6. The number of hydrogen-bond donors (Lipinski definition) is 1. The Hall–Kier alpha value is -2.75. The summed E-state index contributed by atoms with van der Waals surface area (Å²) >= 11 is 0. The average molecular weight is 294 g/mol. The summed E-state index contributed by atoms with van der Waals surface area (Å²) in [5.41, 5.74) is 2.51. The summed E-state index contributed by atoms with van der Waals surface area (Å²) in [5, 5.41) is 3.12. The smallest absolute Gasteiger partial charge is 0.274 e. The molecule has 0 fully saturated rings. The number of nitrogens with zero attached hydrogens (tertiary/aromatic N) is 1. The fraction of sp³-hybridized carbons (Fsp3) is 0.167. The summed E-state index contributed by atoms with van der Waals surface area (Å²) in [7, 11) is 0. The lowest BCUT2D eigenvalue weighted by Gasteiger charge is -2.05. The van der Waals surface area contributed by atoms with Crippen LogP contribution in [-0.4, -0.2) is 16.4 Å². The molecule has 3 aromatic rings. The standard InChI is InChI=1S/C18H18N2O2/c1-14-17(15-8-4-2-5-9-15)18(21)20(19-14)12-13-22-16-10-6-3-7-11-16/h2-11,19H,12-13H2,1H3. The first kappa shape index (κ1) is 14.2. The second kappa shape index (κ2) is 6.35. The molecular weight excluding hydrogens is 276 g/mol. The van der Waals surface area contributed by atoms with E-state index in [4.69, 9.17) is 4.74 Å². The molecule has 0 unspecified atom stereocenters. The molecule has 0 aliphatic rings. The number of nitrogens with one attached hydrogen (secondary N) is 1. The van der Waals surface area contributed by atoms with Crippen LogP contribution in [0.3, 0.4) is 0 Å². The first-order valence-electron chi connectivity index (χ1n) is 7.28. The number of hydrogen-bond acceptors (Lipinski definition) is 2. The number of benzene rings is 2. The highest BCUT2D eigenvalue weighted by Crippen LogP contribution is 2.17. The maximum atomic E-state index is 12.5. The van der Waals surface area contributed by atoms with E-state index in [0.717, 1.165) is 22.6 Å². The van der Waals surface area contributed by atoms with Crippen LogP contribution >= 0.6 is 0 Å². The van der Waals surface area contributed by atoms with Gasteiger partial charge in [-0.25, -0.2) is 4.68 Å². The van der Waals surface area contributed by atoms with Crippen LogP contribution in [0, 0.1) is 6.92 Å². The van der Waals surface area contributed by atoms with Gasteiger partial charge in [0.15, 0.2) is 0 Å². The lowest BCUT2D eigenvalue weighted by atomic mass is 10.1. The van der Waals surface area contributed by atoms with Gasteiger partial charge in [0.2, 0.25) is 0 Å². The number of ether oxygens (including phenoxy) is 1. The van der Waals surface area contributed by atoms with Crippen molar-refractivity contribution < 1.29 is 4.74 Å². The summed E-state index contributed by atoms with van der Waals surface area (Å²) < 4.78 is 7.24. The zero-order chi connectivity index (χ0) is 15.4. The number of aromatic amines is 1. The van der Waals surface area contributed by atoms with Gasteiger partial charge in [-0.3, -0.25) is 9.89 Å². The van der Waals surface area contributed by atoms with Crippen LogP contribution in [0.5, 0.6) is 5.75 Å². The molecule has 1 aromatic heterocycles. The van der Waals surface area contributed by atoms with Gasteiger partial charge < -0.3 is 4.74 Å². The number of aryl methyl sites for hydroxylation is 1. The second-order valence-corrected chi connectivity index (χ2v) is 5.10. The van der Waals surface area contributed by atoms with Gasteiger partial charge in [-0.05, 0) is 24.6 Å². The quantitative estimate of drug-likeness (QED) is 0.785. The molecule has 1 heterocycles. The lowest BCUT2D eigenvalue weighted by molar-refractivity contribution is 0.289. The van der Waals surface area contributed by atoms with Crippen molar-refractivity contribution in [2.24, 2.45) is 0 Å². The van der Waals surface area contributed by atoms with Crippen molar-refractivity contribution in [2.45, 2.75) is 13.5 Å². The fourth-order valence-electron chi connectivity index (χ4n) is 2.48. The highest BCUT2D eigenvalue weighted by atomic mass is 16.5. The Morgan fingerprint density at radius 3 is 2.32 bits per heavy atom. The third-order valence-corrected chi connectivity index (χ3v) is 3.53. The zero-order valence-corrected chi connectivity index (χ0v) is 12.5. The van der Waals surface area contributed by atoms with E-state index >= 15 is 0 Å². The Bertz CT molecular complexity index is 789. The zero-order valence-electron chi connectivity index (χ0n) is 12.5. The lowest BCUT2D eigenvalue weighted by Crippen LogP contribution is -2.21. The molecule has 22 heavy (non-hydrogen) atoms. The largest absolute Gasteiger partial charge is 0.492 e. The van der Waals surface area contributed by atoms with E-state index < -0.39 is 0 Å². The van der Waals surface area contributed by atoms with Gasteiger partial charge >= 0.3 is 0 Å². The topological polar surface area (TPSA) is 47.0 Å². The van der Waals surface area contributed by atoms with Crippen molar-refractivity contribution in [3.8, 4) is 16.9 Å². The van der Waals surface area contributed by atoms with Crippen LogP contribution in [0.25, 0.3) is 11.1 Å². The van der Waals surface area contributed by atoms with Gasteiger partial charge in [-0.2, -0.15) is 0 Å². The molecule has 1 N–H and O–H groups in total. The van der Waals surface area contributed by atoms with Crippen LogP contribution in [0.1, 0.15) is 5.69 Å². The van der Waals surface area contributed by atoms with Crippen molar-refractivity contribution in [3.63, 3.8) is 0 Å². The molecule has 3 rings (SSSR count). The molecule has 0 atom stereocenters. The molecule has 0 spiro atoms. The number of para-hydroxylation sites is 1. The monoisotopic (exact) mass is 294 g/mol. The molecule has 2 aromatic carbocycles. The van der Waals surface area contributed by atoms with E-state index in [-0.39, 0.29) is 5.56 Å². The van der Waals surface area contributed by atoms with Crippen LogP contribution in [0.2, 0.25) is 0 Å². The molecule has 0 bridgehead atoms. The van der Waals surface area contributed by atoms with E-state index in [2.05, 4.69) is 5.10 Å². The number of rotatable bonds is 5. The van der Waals surface area contributed by atoms with Gasteiger partial charge in [-0.15, -0.1) is 0 Å². The molecule has 4 nitrogen and oxygen atoms in total. The molecule has 0 aliphatic heterocycles. The third-order valence-electron chi connectivity index (χ3n) is 3.53. The Morgan fingerprint density at radius 1 is 1.00 bits per heavy atom. The summed E-state index contributed by atoms with van der Waals surface area (Å²) in [6.07, 6.45) is 0. The molecule has 0 saturated carbocycles. The highest BCUT2D eigenvalue weighted by Gasteiger charge is 2.12. The summed E-state index contributed by atoms with van der Waals surface area (Å²) in [6, 6.07) is 19.3. The molecule has 0 aliphatic carbocycles. The Labute approximate surface area is 129 Å². The van der Waals surface area contributed by atoms with E-state index in [0.29, 0.717) is 13.2 Å². The summed E-state index contributed by atoms with van der Waals surface area (Å²) in [6.45, 7) is 2.85. The van der Waals surface area contributed by atoms with Gasteiger partial charge in [0.25, 0.3) is 5.56 Å². The molecule has 112 valence electrons. The molecular formula is C18H18N2O2. The first-order chi connectivity index (χ1) is 10.8. The third kappa shape index (κ3) is 2.96. The highest BCUT2D eigenvalue weighted by molar-refractivity contribution is 5.64. The minimum absolute atomic E-state index is 0.0136. The Balaban J connectivity index is 1.75. The van der Waals surface area contributed by atoms with Crippen molar-refractivity contribution in [2.75, 3.05) is 6.61 Å². The molecule has 0 amide bonds. The van der Waals surface area contributed by atoms with E-state index in [1.165, 1.54) is 0 Å². The van der Waals surface area contributed by atoms with E-state index in [1.54, 1.807) is 4.68 Å². The maximum Gasteiger partial charge on any atom is 0.274 e. The van der Waals surface area contributed by atoms with Gasteiger partial charge in [0.1, 0.15) is 12.4 Å². The van der Waals surface area contributed by atoms with Crippen LogP contribution in [-0.2, 0) is 6.54 Å². The van der Waals surface area contributed by atoms with Crippen molar-refractivity contribution >= 4 is 0 Å². The average Bonchev–Trinajstić information content (AvgIpc) is 2.83. The minimum Gasteiger partial charge on any atom is -0.492 e. The van der Waals surface area contributed by atoms with Gasteiger partial charge in [0.05, 0.1) is 12.1 Å². The van der Waals surface area contributed by atoms with Crippen molar-refractivity contribution in [3.05, 3.63) is 76.7 Å². The van der Waals surface area contributed by atoms with E-state index in [9.17, 15) is 4.79 Å². The van der Waals surface area contributed by atoms with Crippen molar-refractivity contribution in [1.29, 1.82) is 0 Å². The minimum atomic E-state index is -0.0136. The Kier molecular flexibility index (Phi) is 4.10. The molecule has 0 radical (unpaired) electrons. The van der Waals surface area contributed by atoms with Crippen LogP contribution in [0.4, 0.5) is 0 Å². The van der Waals surface area contributed by atoms with Crippen LogP contribution < -0.4 is 10.3 Å². The predicted molar refractivity (Wildman–Crippen MR) is 87.2 cm³/mol. The Morgan fingerprint density at radius 2 is 1.64 bits per heavy atom. The van der Waals surface area contributed by atoms with Crippen molar-refractivity contribution in [1.82, 2.24) is 9.78 Å². The van der Waals surface area contributed by atoms with Gasteiger partial charge in [-0.1, -0.05) is 48.5 Å². The number of aromatic nitrogens is 2. The fourth-order valence-corrected chi connectivity index (χ4v) is 2.48. The summed E-state index contributed by atoms with van der Waals surface area (Å²) in [5.74, 6) is 0.808. The molecule has 4 heteroatoms. The van der Waals surface area contributed by atoms with Crippen LogP contribution in [0.15, 0.2) is 65.5 Å². The summed E-state index contributed by atoms with van der Waals surface area (Å²) in [4.78, 5) is 12.5. The van der Waals surface area contributed by atoms with Gasteiger partial charge in [0, 0.05) is 5.69 Å².